The summed E-state index contributed by atoms with van der Waals surface area (Å²) in [5.41, 5.74) is 2.08. The van der Waals surface area contributed by atoms with Gasteiger partial charge in [0.15, 0.2) is 11.5 Å². The molecule has 1 aromatic heterocycles. The number of nitrogens with zero attached hydrogens (tertiary/aromatic N) is 1. The molecule has 0 aliphatic carbocycles. The van der Waals surface area contributed by atoms with Crippen molar-refractivity contribution in [3.05, 3.63) is 59.8 Å². The van der Waals surface area contributed by atoms with Crippen LogP contribution in [0.1, 0.15) is 15.9 Å². The molecule has 0 amide bonds. The Balaban J connectivity index is 1.86. The van der Waals surface area contributed by atoms with Gasteiger partial charge in [-0.3, -0.25) is 4.98 Å². The molecule has 0 radical (unpaired) electrons. The lowest BCUT2D eigenvalue weighted by Crippen LogP contribution is -2.02. The number of hydrogen-bond acceptors (Lipinski definition) is 6. The zero-order valence-electron chi connectivity index (χ0n) is 14.8. The zero-order valence-corrected chi connectivity index (χ0v) is 14.8. The highest BCUT2D eigenvalue weighted by molar-refractivity contribution is 5.94. The summed E-state index contributed by atoms with van der Waals surface area (Å²) in [4.78, 5) is 16.0. The summed E-state index contributed by atoms with van der Waals surface area (Å²) >= 11 is 0. The smallest absolute Gasteiger partial charge is 0.339 e. The van der Waals surface area contributed by atoms with Crippen LogP contribution in [0.25, 0.3) is 10.9 Å². The molecule has 0 unspecified atom stereocenters. The molecule has 0 bridgehead atoms. The van der Waals surface area contributed by atoms with Gasteiger partial charge >= 0.3 is 5.97 Å². The number of hydrogen-bond donors (Lipinski definition) is 0. The van der Waals surface area contributed by atoms with E-state index in [4.69, 9.17) is 18.9 Å². The highest BCUT2D eigenvalue weighted by Crippen LogP contribution is 2.32. The third-order valence-corrected chi connectivity index (χ3v) is 3.94. The summed E-state index contributed by atoms with van der Waals surface area (Å²) in [7, 11) is 4.53. The predicted octanol–water partition coefficient (Wildman–Crippen LogP) is 3.62. The Morgan fingerprint density at radius 3 is 2.38 bits per heavy atom. The van der Waals surface area contributed by atoms with Crippen LogP contribution < -0.4 is 14.2 Å². The summed E-state index contributed by atoms with van der Waals surface area (Å²) in [5, 5.41) is 0.765. The van der Waals surface area contributed by atoms with Crippen LogP contribution in [0.15, 0.2) is 48.7 Å². The average molecular weight is 353 g/mol. The molecule has 1 heterocycles. The normalized spacial score (nSPS) is 10.4. The maximum absolute atomic E-state index is 11.7. The van der Waals surface area contributed by atoms with E-state index in [1.54, 1.807) is 32.4 Å². The van der Waals surface area contributed by atoms with E-state index >= 15 is 0 Å². The van der Waals surface area contributed by atoms with Crippen molar-refractivity contribution in [3.8, 4) is 17.2 Å². The van der Waals surface area contributed by atoms with Gasteiger partial charge in [0.25, 0.3) is 0 Å². The van der Waals surface area contributed by atoms with E-state index in [-0.39, 0.29) is 0 Å². The molecule has 134 valence electrons. The van der Waals surface area contributed by atoms with Crippen molar-refractivity contribution in [1.29, 1.82) is 0 Å². The first-order chi connectivity index (χ1) is 12.6. The van der Waals surface area contributed by atoms with E-state index in [1.807, 2.05) is 24.3 Å². The number of carbonyl (C=O) groups excluding carboxylic acids is 1. The minimum atomic E-state index is -0.432. The SMILES string of the molecule is COC(=O)c1cnc2cc(OCc3ccc(OC)cc3)c(OC)cc2c1. The lowest BCUT2D eigenvalue weighted by atomic mass is 10.1. The summed E-state index contributed by atoms with van der Waals surface area (Å²) < 4.78 is 21.2. The second-order valence-electron chi connectivity index (χ2n) is 5.55. The van der Waals surface area contributed by atoms with Gasteiger partial charge in [0.2, 0.25) is 0 Å². The molecule has 0 saturated heterocycles. The van der Waals surface area contributed by atoms with Crippen LogP contribution in [0, 0.1) is 0 Å². The number of rotatable bonds is 6. The Morgan fingerprint density at radius 2 is 1.73 bits per heavy atom. The molecule has 2 aromatic carbocycles. The fourth-order valence-corrected chi connectivity index (χ4v) is 2.52. The molecule has 6 heteroatoms. The second-order valence-corrected chi connectivity index (χ2v) is 5.55. The van der Waals surface area contributed by atoms with E-state index in [9.17, 15) is 4.79 Å². The molecule has 3 rings (SSSR count). The van der Waals surface area contributed by atoms with Gasteiger partial charge in [0.1, 0.15) is 12.4 Å². The van der Waals surface area contributed by atoms with Crippen molar-refractivity contribution in [2.75, 3.05) is 21.3 Å². The van der Waals surface area contributed by atoms with Crippen LogP contribution in [0.4, 0.5) is 0 Å². The van der Waals surface area contributed by atoms with Crippen LogP contribution in [-0.4, -0.2) is 32.3 Å². The predicted molar refractivity (Wildman–Crippen MR) is 97.0 cm³/mol. The number of fused-ring (bicyclic) bond motifs is 1. The summed E-state index contributed by atoms with van der Waals surface area (Å²) in [6.45, 7) is 0.381. The Hall–Kier alpha value is -3.28. The lowest BCUT2D eigenvalue weighted by Gasteiger charge is -2.12. The Bertz CT molecular complexity index is 921. The number of aromatic nitrogens is 1. The van der Waals surface area contributed by atoms with E-state index in [2.05, 4.69) is 4.98 Å². The van der Waals surface area contributed by atoms with Crippen LogP contribution in [-0.2, 0) is 11.3 Å². The third kappa shape index (κ3) is 3.69. The molecule has 0 spiro atoms. The number of carbonyl (C=O) groups is 1. The van der Waals surface area contributed by atoms with Gasteiger partial charge < -0.3 is 18.9 Å². The molecule has 0 aliphatic heterocycles. The van der Waals surface area contributed by atoms with Gasteiger partial charge in [-0.2, -0.15) is 0 Å². The molecule has 0 atom stereocenters. The molecule has 0 N–H and O–H groups in total. The monoisotopic (exact) mass is 353 g/mol. The summed E-state index contributed by atoms with van der Waals surface area (Å²) in [5.74, 6) is 1.50. The van der Waals surface area contributed by atoms with Crippen LogP contribution >= 0.6 is 0 Å². The van der Waals surface area contributed by atoms with Crippen molar-refractivity contribution in [3.63, 3.8) is 0 Å². The van der Waals surface area contributed by atoms with Gasteiger partial charge in [-0.1, -0.05) is 12.1 Å². The molecular formula is C20H19NO5. The maximum atomic E-state index is 11.7. The van der Waals surface area contributed by atoms with Crippen LogP contribution in [0.3, 0.4) is 0 Å². The van der Waals surface area contributed by atoms with E-state index in [0.717, 1.165) is 16.7 Å². The number of pyridine rings is 1. The Labute approximate surface area is 151 Å². The molecule has 0 fully saturated rings. The van der Waals surface area contributed by atoms with E-state index in [0.29, 0.717) is 29.2 Å². The Morgan fingerprint density at radius 1 is 0.962 bits per heavy atom. The molecule has 0 saturated carbocycles. The first-order valence-corrected chi connectivity index (χ1v) is 7.96. The van der Waals surface area contributed by atoms with Crippen molar-refractivity contribution >= 4 is 16.9 Å². The second kappa shape index (κ2) is 7.74. The Kier molecular flexibility index (Phi) is 5.22. The number of esters is 1. The highest BCUT2D eigenvalue weighted by atomic mass is 16.5. The third-order valence-electron chi connectivity index (χ3n) is 3.94. The van der Waals surface area contributed by atoms with E-state index < -0.39 is 5.97 Å². The van der Waals surface area contributed by atoms with Gasteiger partial charge in [-0.05, 0) is 29.8 Å². The average Bonchev–Trinajstić information content (AvgIpc) is 2.70. The van der Waals surface area contributed by atoms with E-state index in [1.165, 1.54) is 13.3 Å². The molecule has 26 heavy (non-hydrogen) atoms. The molecular weight excluding hydrogens is 334 g/mol. The van der Waals surface area contributed by atoms with Crippen LogP contribution in [0.5, 0.6) is 17.2 Å². The fourth-order valence-electron chi connectivity index (χ4n) is 2.52. The summed E-state index contributed by atoms with van der Waals surface area (Å²) in [6, 6.07) is 12.9. The van der Waals surface area contributed by atoms with Crippen LogP contribution in [0.2, 0.25) is 0 Å². The number of ether oxygens (including phenoxy) is 4. The maximum Gasteiger partial charge on any atom is 0.339 e. The quantitative estimate of drug-likeness (QED) is 0.631. The lowest BCUT2D eigenvalue weighted by molar-refractivity contribution is 0.0600. The zero-order chi connectivity index (χ0) is 18.5. The van der Waals surface area contributed by atoms with Gasteiger partial charge in [0.05, 0.1) is 32.4 Å². The fraction of sp³-hybridized carbons (Fsp3) is 0.200. The summed E-state index contributed by atoms with van der Waals surface area (Å²) in [6.07, 6.45) is 1.48. The van der Waals surface area contributed by atoms with Crippen molar-refractivity contribution in [2.24, 2.45) is 0 Å². The minimum absolute atomic E-state index is 0.381. The standard InChI is InChI=1S/C20H19NO5/c1-23-16-6-4-13(5-7-16)12-26-19-10-17-14(9-18(19)24-2)8-15(11-21-17)20(22)25-3/h4-11H,12H2,1-3H3. The molecule has 0 aliphatic rings. The van der Waals surface area contributed by atoms with Gasteiger partial charge in [0, 0.05) is 17.6 Å². The molecule has 3 aromatic rings. The molecule has 6 nitrogen and oxygen atoms in total. The minimum Gasteiger partial charge on any atom is -0.497 e. The van der Waals surface area contributed by atoms with Crippen molar-refractivity contribution < 1.29 is 23.7 Å². The van der Waals surface area contributed by atoms with Crippen molar-refractivity contribution in [2.45, 2.75) is 6.61 Å². The topological polar surface area (TPSA) is 66.9 Å². The number of methoxy groups -OCH3 is 3. The van der Waals surface area contributed by atoms with Gasteiger partial charge in [-0.25, -0.2) is 4.79 Å². The number of benzene rings is 2. The van der Waals surface area contributed by atoms with Crippen molar-refractivity contribution in [1.82, 2.24) is 4.98 Å². The first-order valence-electron chi connectivity index (χ1n) is 7.96. The van der Waals surface area contributed by atoms with Gasteiger partial charge in [-0.15, -0.1) is 0 Å². The first kappa shape index (κ1) is 17.5. The largest absolute Gasteiger partial charge is 0.497 e. The highest BCUT2D eigenvalue weighted by Gasteiger charge is 2.12.